The second-order valence-electron chi connectivity index (χ2n) is 6.72. The van der Waals surface area contributed by atoms with Gasteiger partial charge in [-0.25, -0.2) is 13.6 Å². The Morgan fingerprint density at radius 2 is 1.68 bits per heavy atom. The fraction of sp³-hybridized carbons (Fsp3) is 0.923. The third-order valence-corrected chi connectivity index (χ3v) is 2.63. The predicted molar refractivity (Wildman–Crippen MR) is 71.2 cm³/mol. The number of rotatable bonds is 4. The summed E-state index contributed by atoms with van der Waals surface area (Å²) in [7, 11) is 0. The van der Waals surface area contributed by atoms with E-state index in [0.717, 1.165) is 0 Å². The molecule has 0 heterocycles. The number of hydrogen-bond acceptors (Lipinski definition) is 3. The monoisotopic (exact) mass is 280 g/mol. The molecule has 0 aromatic carbocycles. The van der Waals surface area contributed by atoms with Gasteiger partial charge in [-0.15, -0.1) is 0 Å². The van der Waals surface area contributed by atoms with Crippen LogP contribution < -0.4 is 11.1 Å². The van der Waals surface area contributed by atoms with Crippen LogP contribution in [-0.2, 0) is 4.74 Å². The van der Waals surface area contributed by atoms with E-state index in [-0.39, 0.29) is 6.54 Å². The molecule has 0 saturated heterocycles. The third-order valence-electron chi connectivity index (χ3n) is 2.63. The van der Waals surface area contributed by atoms with Gasteiger partial charge in [-0.2, -0.15) is 0 Å². The van der Waals surface area contributed by atoms with E-state index in [1.54, 1.807) is 41.5 Å². The third kappa shape index (κ3) is 6.71. The average molecular weight is 280 g/mol. The Labute approximate surface area is 114 Å². The van der Waals surface area contributed by atoms with Gasteiger partial charge in [0.05, 0.1) is 5.92 Å². The van der Waals surface area contributed by atoms with Gasteiger partial charge in [-0.3, -0.25) is 0 Å². The lowest BCUT2D eigenvalue weighted by atomic mass is 9.79. The van der Waals surface area contributed by atoms with Gasteiger partial charge in [-0.05, 0) is 26.2 Å². The number of carbonyl (C=O) groups is 1. The van der Waals surface area contributed by atoms with Gasteiger partial charge in [-0.1, -0.05) is 20.8 Å². The van der Waals surface area contributed by atoms with E-state index >= 15 is 0 Å². The number of nitrogens with one attached hydrogen (secondary N) is 1. The summed E-state index contributed by atoms with van der Waals surface area (Å²) in [5.74, 6) is -1.10. The summed E-state index contributed by atoms with van der Waals surface area (Å²) in [6.07, 6.45) is -3.30. The number of alkyl halides is 2. The van der Waals surface area contributed by atoms with Crippen LogP contribution in [0, 0.1) is 11.3 Å². The molecule has 4 nitrogen and oxygen atoms in total. The highest BCUT2D eigenvalue weighted by molar-refractivity contribution is 5.68. The van der Waals surface area contributed by atoms with E-state index in [2.05, 4.69) is 5.32 Å². The normalized spacial score (nSPS) is 16.1. The number of amides is 1. The molecule has 0 bridgehead atoms. The van der Waals surface area contributed by atoms with Gasteiger partial charge in [0.15, 0.2) is 0 Å². The molecule has 0 aliphatic carbocycles. The Morgan fingerprint density at radius 3 is 1.95 bits per heavy atom. The van der Waals surface area contributed by atoms with Crippen molar-refractivity contribution < 1.29 is 18.3 Å². The van der Waals surface area contributed by atoms with Crippen LogP contribution in [0.25, 0.3) is 0 Å². The minimum Gasteiger partial charge on any atom is -0.444 e. The van der Waals surface area contributed by atoms with E-state index in [1.807, 2.05) is 0 Å². The first-order valence-electron chi connectivity index (χ1n) is 6.36. The highest BCUT2D eigenvalue weighted by atomic mass is 19.3. The van der Waals surface area contributed by atoms with Crippen LogP contribution >= 0.6 is 0 Å². The summed E-state index contributed by atoms with van der Waals surface area (Å²) in [5, 5.41) is 2.52. The number of nitrogens with two attached hydrogens (primary N) is 1. The summed E-state index contributed by atoms with van der Waals surface area (Å²) < 4.78 is 31.1. The Morgan fingerprint density at radius 1 is 1.21 bits per heavy atom. The quantitative estimate of drug-likeness (QED) is 0.832. The van der Waals surface area contributed by atoms with Crippen LogP contribution in [-0.4, -0.2) is 30.7 Å². The zero-order valence-corrected chi connectivity index (χ0v) is 12.6. The van der Waals surface area contributed by atoms with Crippen LogP contribution in [0.4, 0.5) is 13.6 Å². The number of hydrogen-bond donors (Lipinski definition) is 2. The topological polar surface area (TPSA) is 64.3 Å². The molecule has 19 heavy (non-hydrogen) atoms. The number of halogens is 2. The lowest BCUT2D eigenvalue weighted by Gasteiger charge is -2.37. The summed E-state index contributed by atoms with van der Waals surface area (Å²) >= 11 is 0. The van der Waals surface area contributed by atoms with E-state index in [4.69, 9.17) is 10.5 Å². The van der Waals surface area contributed by atoms with E-state index in [9.17, 15) is 13.6 Å². The first-order valence-corrected chi connectivity index (χ1v) is 6.36. The summed E-state index contributed by atoms with van der Waals surface area (Å²) in [5.41, 5.74) is 4.19. The molecule has 0 aromatic heterocycles. The fourth-order valence-corrected chi connectivity index (χ4v) is 1.78. The molecular weight excluding hydrogens is 254 g/mol. The Hall–Kier alpha value is -0.910. The van der Waals surface area contributed by atoms with Crippen molar-refractivity contribution >= 4 is 6.09 Å². The van der Waals surface area contributed by atoms with Crippen molar-refractivity contribution in [1.29, 1.82) is 0 Å². The van der Waals surface area contributed by atoms with E-state index < -0.39 is 35.5 Å². The van der Waals surface area contributed by atoms with Crippen molar-refractivity contribution in [2.45, 2.75) is 59.6 Å². The lowest BCUT2D eigenvalue weighted by molar-refractivity contribution is 0.0145. The lowest BCUT2D eigenvalue weighted by Crippen LogP contribution is -2.53. The molecule has 0 saturated carbocycles. The first-order chi connectivity index (χ1) is 8.38. The predicted octanol–water partition coefficient (Wildman–Crippen LogP) is 2.77. The fourth-order valence-electron chi connectivity index (χ4n) is 1.78. The minimum atomic E-state index is -2.59. The van der Waals surface area contributed by atoms with Gasteiger partial charge < -0.3 is 15.8 Å². The molecule has 0 rings (SSSR count). The van der Waals surface area contributed by atoms with Gasteiger partial charge >= 0.3 is 6.09 Å². The highest BCUT2D eigenvalue weighted by Gasteiger charge is 2.38. The molecule has 6 heteroatoms. The Balaban J connectivity index is 4.94. The molecule has 114 valence electrons. The van der Waals surface area contributed by atoms with E-state index in [1.165, 1.54) is 0 Å². The molecule has 2 atom stereocenters. The maximum Gasteiger partial charge on any atom is 0.407 e. The highest BCUT2D eigenvalue weighted by Crippen LogP contribution is 2.29. The van der Waals surface area contributed by atoms with Gasteiger partial charge in [0.1, 0.15) is 5.60 Å². The van der Waals surface area contributed by atoms with Crippen molar-refractivity contribution in [2.24, 2.45) is 17.1 Å². The molecule has 3 N–H and O–H groups in total. The maximum atomic E-state index is 13.0. The summed E-state index contributed by atoms with van der Waals surface area (Å²) in [6.45, 7) is 10.3. The molecule has 0 radical (unpaired) electrons. The van der Waals surface area contributed by atoms with Gasteiger partial charge in [0.25, 0.3) is 0 Å². The molecule has 0 aliphatic heterocycles. The molecule has 1 amide bonds. The second-order valence-corrected chi connectivity index (χ2v) is 6.72. The van der Waals surface area contributed by atoms with Crippen molar-refractivity contribution in [1.82, 2.24) is 5.32 Å². The summed E-state index contributed by atoms with van der Waals surface area (Å²) in [4.78, 5) is 11.7. The molecule has 0 aliphatic rings. The summed E-state index contributed by atoms with van der Waals surface area (Å²) in [6, 6.07) is -0.757. The first kappa shape index (κ1) is 18.1. The Bertz CT molecular complexity index is 296. The molecule has 0 aromatic rings. The zero-order chi connectivity index (χ0) is 15.4. The van der Waals surface area contributed by atoms with Gasteiger partial charge in [0.2, 0.25) is 6.43 Å². The molecule has 2 unspecified atom stereocenters. The number of carbonyl (C=O) groups excluding carboxylic acids is 1. The second kappa shape index (κ2) is 6.50. The minimum absolute atomic E-state index is 0.199. The van der Waals surface area contributed by atoms with Crippen molar-refractivity contribution in [3.8, 4) is 0 Å². The number of alkyl carbamates (subject to hydrolysis) is 1. The van der Waals surface area contributed by atoms with Gasteiger partial charge in [0, 0.05) is 12.6 Å². The van der Waals surface area contributed by atoms with Crippen molar-refractivity contribution in [3.63, 3.8) is 0 Å². The Kier molecular flexibility index (Phi) is 6.19. The standard InChI is InChI=1S/C13H26F2N2O2/c1-12(2,3)9(8(7-16)10(14)15)17-11(18)19-13(4,5)6/h8-10H,7,16H2,1-6H3,(H,17,18). The molecule has 0 fully saturated rings. The van der Waals surface area contributed by atoms with Crippen LogP contribution in [0.5, 0.6) is 0 Å². The zero-order valence-electron chi connectivity index (χ0n) is 12.6. The largest absolute Gasteiger partial charge is 0.444 e. The SMILES string of the molecule is CC(C)(C)OC(=O)NC(C(CN)C(F)F)C(C)(C)C. The number of ether oxygens (including phenoxy) is 1. The molecule has 0 spiro atoms. The van der Waals surface area contributed by atoms with Crippen LogP contribution in [0.1, 0.15) is 41.5 Å². The van der Waals surface area contributed by atoms with Crippen molar-refractivity contribution in [3.05, 3.63) is 0 Å². The smallest absolute Gasteiger partial charge is 0.407 e. The van der Waals surface area contributed by atoms with Crippen molar-refractivity contribution in [2.75, 3.05) is 6.54 Å². The maximum absolute atomic E-state index is 13.0. The van der Waals surface area contributed by atoms with Crippen LogP contribution in [0.15, 0.2) is 0 Å². The molecular formula is C13H26F2N2O2. The van der Waals surface area contributed by atoms with E-state index in [0.29, 0.717) is 0 Å². The van der Waals surface area contributed by atoms with Crippen LogP contribution in [0.2, 0.25) is 0 Å². The van der Waals surface area contributed by atoms with Crippen LogP contribution in [0.3, 0.4) is 0 Å². The average Bonchev–Trinajstić information content (AvgIpc) is 2.12.